The highest BCUT2D eigenvalue weighted by atomic mass is 19.1. The maximum absolute atomic E-state index is 14.0. The van der Waals surface area contributed by atoms with Gasteiger partial charge in [0.2, 0.25) is 5.91 Å². The number of nitrogens with one attached hydrogen (secondary N) is 1. The van der Waals surface area contributed by atoms with Gasteiger partial charge in [-0.3, -0.25) is 9.78 Å². The lowest BCUT2D eigenvalue weighted by molar-refractivity contribution is -0.131. The highest BCUT2D eigenvalue weighted by Gasteiger charge is 2.26. The summed E-state index contributed by atoms with van der Waals surface area (Å²) >= 11 is 0. The van der Waals surface area contributed by atoms with E-state index in [1.165, 1.54) is 13.2 Å². The molecule has 0 radical (unpaired) electrons. The Hall–Kier alpha value is -3.55. The number of anilines is 1. The predicted molar refractivity (Wildman–Crippen MR) is 120 cm³/mol. The molecule has 1 fully saturated rings. The number of nitrogens with zero attached hydrogens (tertiary/aromatic N) is 4. The molecule has 0 spiro atoms. The summed E-state index contributed by atoms with van der Waals surface area (Å²) < 4.78 is 19.0. The molecule has 4 rings (SSSR count). The normalized spacial score (nSPS) is 16.0. The average molecular weight is 436 g/mol. The van der Waals surface area contributed by atoms with Gasteiger partial charge in [0.1, 0.15) is 5.82 Å². The average Bonchev–Trinajstić information content (AvgIpc) is 2.84. The fourth-order valence-electron chi connectivity index (χ4n) is 3.98. The molecule has 0 aliphatic carbocycles. The van der Waals surface area contributed by atoms with E-state index in [-0.39, 0.29) is 24.0 Å². The first kappa shape index (κ1) is 21.7. The zero-order chi connectivity index (χ0) is 22.5. The lowest BCUT2D eigenvalue weighted by atomic mass is 9.93. The molecule has 1 saturated heterocycles. The van der Waals surface area contributed by atoms with Crippen LogP contribution in [0.2, 0.25) is 0 Å². The summed E-state index contributed by atoms with van der Waals surface area (Å²) in [6.07, 6.45) is 5.43. The van der Waals surface area contributed by atoms with Crippen molar-refractivity contribution in [2.75, 3.05) is 32.6 Å². The molecular formula is C24H26FN5O2. The predicted octanol–water partition coefficient (Wildman–Crippen LogP) is 3.68. The molecule has 3 heterocycles. The third kappa shape index (κ3) is 4.85. The Morgan fingerprint density at radius 3 is 2.88 bits per heavy atom. The van der Waals surface area contributed by atoms with Crippen molar-refractivity contribution in [3.05, 3.63) is 65.9 Å². The molecule has 3 aromatic rings. The highest BCUT2D eigenvalue weighted by molar-refractivity contribution is 5.79. The van der Waals surface area contributed by atoms with Crippen molar-refractivity contribution >= 4 is 11.7 Å². The number of hydrogen-bond acceptors (Lipinski definition) is 6. The van der Waals surface area contributed by atoms with Crippen molar-refractivity contribution in [1.29, 1.82) is 0 Å². The smallest absolute Gasteiger partial charge is 0.227 e. The summed E-state index contributed by atoms with van der Waals surface area (Å²) in [6.45, 7) is 1.26. The zero-order valence-electron chi connectivity index (χ0n) is 18.2. The molecule has 0 saturated carbocycles. The van der Waals surface area contributed by atoms with Crippen LogP contribution in [-0.4, -0.2) is 53.0 Å². The second-order valence-corrected chi connectivity index (χ2v) is 7.82. The van der Waals surface area contributed by atoms with E-state index in [9.17, 15) is 9.18 Å². The maximum atomic E-state index is 14.0. The van der Waals surface area contributed by atoms with E-state index in [2.05, 4.69) is 15.3 Å². The Morgan fingerprint density at radius 2 is 2.16 bits per heavy atom. The van der Waals surface area contributed by atoms with Gasteiger partial charge < -0.3 is 15.0 Å². The van der Waals surface area contributed by atoms with Crippen LogP contribution in [0.4, 0.5) is 10.2 Å². The highest BCUT2D eigenvalue weighted by Crippen LogP contribution is 2.29. The van der Waals surface area contributed by atoms with Gasteiger partial charge in [-0.1, -0.05) is 6.07 Å². The Labute approximate surface area is 186 Å². The molecule has 1 aliphatic rings. The first-order valence-corrected chi connectivity index (χ1v) is 10.6. The SMILES string of the molecule is CNc1cc([C@H]2CCCN(C(=O)Cc3ccc(OC)c(F)c3)C2)nc(-c2cccnc2)n1. The quantitative estimate of drug-likeness (QED) is 0.636. The van der Waals surface area contributed by atoms with Crippen LogP contribution in [0.1, 0.15) is 30.0 Å². The number of likely N-dealkylation sites (tertiary alicyclic amines) is 1. The number of pyridine rings is 1. The number of amides is 1. The van der Waals surface area contributed by atoms with Gasteiger partial charge in [0.25, 0.3) is 0 Å². The topological polar surface area (TPSA) is 80.2 Å². The van der Waals surface area contributed by atoms with Crippen molar-refractivity contribution in [3.63, 3.8) is 0 Å². The number of rotatable bonds is 6. The van der Waals surface area contributed by atoms with E-state index < -0.39 is 5.82 Å². The number of carbonyl (C=O) groups excluding carboxylic acids is 1. The number of carbonyl (C=O) groups is 1. The fraction of sp³-hybridized carbons (Fsp3) is 0.333. The Kier molecular flexibility index (Phi) is 6.58. The fourth-order valence-corrected chi connectivity index (χ4v) is 3.98. The molecular weight excluding hydrogens is 409 g/mol. The van der Waals surface area contributed by atoms with Crippen LogP contribution < -0.4 is 10.1 Å². The van der Waals surface area contributed by atoms with E-state index in [4.69, 9.17) is 9.72 Å². The Bertz CT molecular complexity index is 1090. The van der Waals surface area contributed by atoms with Gasteiger partial charge in [0.05, 0.1) is 19.2 Å². The number of methoxy groups -OCH3 is 1. The molecule has 0 bridgehead atoms. The lowest BCUT2D eigenvalue weighted by Crippen LogP contribution is -2.40. The molecule has 32 heavy (non-hydrogen) atoms. The number of ether oxygens (including phenoxy) is 1. The van der Waals surface area contributed by atoms with Gasteiger partial charge in [0, 0.05) is 50.1 Å². The summed E-state index contributed by atoms with van der Waals surface area (Å²) in [4.78, 5) is 28.3. The van der Waals surface area contributed by atoms with Crippen molar-refractivity contribution < 1.29 is 13.9 Å². The summed E-state index contributed by atoms with van der Waals surface area (Å²) in [5.41, 5.74) is 2.38. The molecule has 1 amide bonds. The van der Waals surface area contributed by atoms with Gasteiger partial charge in [-0.15, -0.1) is 0 Å². The number of aromatic nitrogens is 3. The molecule has 166 valence electrons. The maximum Gasteiger partial charge on any atom is 0.227 e. The molecule has 1 N–H and O–H groups in total. The molecule has 8 heteroatoms. The Balaban J connectivity index is 1.51. The van der Waals surface area contributed by atoms with Gasteiger partial charge in [0.15, 0.2) is 17.4 Å². The van der Waals surface area contributed by atoms with Gasteiger partial charge in [-0.25, -0.2) is 14.4 Å². The van der Waals surface area contributed by atoms with Crippen molar-refractivity contribution in [3.8, 4) is 17.1 Å². The van der Waals surface area contributed by atoms with E-state index in [1.54, 1.807) is 24.5 Å². The van der Waals surface area contributed by atoms with Crippen molar-refractivity contribution in [2.24, 2.45) is 0 Å². The van der Waals surface area contributed by atoms with Crippen molar-refractivity contribution in [2.45, 2.75) is 25.2 Å². The summed E-state index contributed by atoms with van der Waals surface area (Å²) in [7, 11) is 3.24. The molecule has 0 unspecified atom stereocenters. The van der Waals surface area contributed by atoms with E-state index >= 15 is 0 Å². The van der Waals surface area contributed by atoms with E-state index in [0.29, 0.717) is 24.5 Å². The third-order valence-corrected chi connectivity index (χ3v) is 5.69. The van der Waals surface area contributed by atoms with E-state index in [0.717, 1.165) is 29.9 Å². The van der Waals surface area contributed by atoms with Gasteiger partial charge >= 0.3 is 0 Å². The van der Waals surface area contributed by atoms with Crippen molar-refractivity contribution in [1.82, 2.24) is 19.9 Å². The summed E-state index contributed by atoms with van der Waals surface area (Å²) in [5, 5.41) is 3.10. The third-order valence-electron chi connectivity index (χ3n) is 5.69. The first-order valence-electron chi connectivity index (χ1n) is 10.6. The second-order valence-electron chi connectivity index (χ2n) is 7.82. The van der Waals surface area contributed by atoms with Crippen LogP contribution >= 0.6 is 0 Å². The first-order chi connectivity index (χ1) is 15.6. The van der Waals surface area contributed by atoms with Crippen LogP contribution in [0.25, 0.3) is 11.4 Å². The largest absolute Gasteiger partial charge is 0.494 e. The van der Waals surface area contributed by atoms with Crippen LogP contribution in [0.5, 0.6) is 5.75 Å². The van der Waals surface area contributed by atoms with Crippen LogP contribution in [-0.2, 0) is 11.2 Å². The number of benzene rings is 1. The zero-order valence-corrected chi connectivity index (χ0v) is 18.2. The summed E-state index contributed by atoms with van der Waals surface area (Å²) in [5.74, 6) is 1.13. The van der Waals surface area contributed by atoms with Gasteiger partial charge in [-0.2, -0.15) is 0 Å². The molecule has 1 atom stereocenters. The monoisotopic (exact) mass is 435 g/mol. The minimum atomic E-state index is -0.460. The number of halogens is 1. The minimum Gasteiger partial charge on any atom is -0.494 e. The van der Waals surface area contributed by atoms with Crippen LogP contribution in [0.15, 0.2) is 48.8 Å². The second kappa shape index (κ2) is 9.72. The number of piperidine rings is 1. The summed E-state index contributed by atoms with van der Waals surface area (Å²) in [6, 6.07) is 10.4. The Morgan fingerprint density at radius 1 is 1.28 bits per heavy atom. The van der Waals surface area contributed by atoms with Crippen LogP contribution in [0, 0.1) is 5.82 Å². The lowest BCUT2D eigenvalue weighted by Gasteiger charge is -2.33. The standard InChI is InChI=1S/C24H26FN5O2/c1-26-22-13-20(28-24(29-22)17-5-3-9-27-14-17)18-6-4-10-30(15-18)23(31)12-16-7-8-21(32-2)19(25)11-16/h3,5,7-9,11,13-14,18H,4,6,10,12,15H2,1-2H3,(H,26,28,29)/t18-/m0/s1. The van der Waals surface area contributed by atoms with Gasteiger partial charge in [-0.05, 0) is 42.7 Å². The number of hydrogen-bond donors (Lipinski definition) is 1. The van der Waals surface area contributed by atoms with E-state index in [1.807, 2.05) is 30.1 Å². The molecule has 1 aliphatic heterocycles. The molecule has 7 nitrogen and oxygen atoms in total. The molecule has 2 aromatic heterocycles. The molecule has 1 aromatic carbocycles. The minimum absolute atomic E-state index is 0.0188. The van der Waals surface area contributed by atoms with Crippen LogP contribution in [0.3, 0.4) is 0 Å².